The number of benzene rings is 3. The Morgan fingerprint density at radius 2 is 1.59 bits per heavy atom. The number of carbonyl (C=O) groups excluding carboxylic acids is 2. The lowest BCUT2D eigenvalue weighted by atomic mass is 10.1. The summed E-state index contributed by atoms with van der Waals surface area (Å²) in [7, 11) is 0. The molecule has 0 radical (unpaired) electrons. The van der Waals surface area contributed by atoms with Crippen molar-refractivity contribution >= 4 is 23.9 Å². The number of hydrogen-bond donors (Lipinski definition) is 0. The van der Waals surface area contributed by atoms with Crippen LogP contribution in [0, 0.1) is 6.92 Å². The monoisotopic (exact) mass is 427 g/mol. The quantitative estimate of drug-likeness (QED) is 0.316. The molecule has 1 aliphatic rings. The second kappa shape index (κ2) is 9.31. The van der Waals surface area contributed by atoms with E-state index in [1.165, 1.54) is 0 Å². The zero-order valence-corrected chi connectivity index (χ0v) is 17.7. The Morgan fingerprint density at radius 3 is 2.25 bits per heavy atom. The smallest absolute Gasteiger partial charge is 0.363 e. The van der Waals surface area contributed by atoms with E-state index in [0.717, 1.165) is 16.9 Å². The van der Waals surface area contributed by atoms with E-state index in [1.807, 2.05) is 26.0 Å². The molecule has 0 amide bonds. The molecule has 3 aromatic carbocycles. The van der Waals surface area contributed by atoms with E-state index < -0.39 is 11.9 Å². The van der Waals surface area contributed by atoms with E-state index in [0.29, 0.717) is 23.5 Å². The van der Waals surface area contributed by atoms with E-state index >= 15 is 0 Å². The van der Waals surface area contributed by atoms with Gasteiger partial charge in [-0.15, -0.1) is 0 Å². The Bertz CT molecular complexity index is 1190. The molecule has 4 rings (SSSR count). The van der Waals surface area contributed by atoms with Crippen LogP contribution in [-0.4, -0.2) is 24.4 Å². The first-order valence-corrected chi connectivity index (χ1v) is 10.2. The summed E-state index contributed by atoms with van der Waals surface area (Å²) >= 11 is 0. The predicted octanol–water partition coefficient (Wildman–Crippen LogP) is 4.96. The minimum Gasteiger partial charge on any atom is -0.494 e. The van der Waals surface area contributed by atoms with Crippen LogP contribution in [0.4, 0.5) is 0 Å². The largest absolute Gasteiger partial charge is 0.494 e. The summed E-state index contributed by atoms with van der Waals surface area (Å²) in [6.45, 7) is 4.44. The van der Waals surface area contributed by atoms with Crippen molar-refractivity contribution < 1.29 is 23.8 Å². The molecule has 0 N–H and O–H groups in total. The van der Waals surface area contributed by atoms with E-state index in [-0.39, 0.29) is 11.6 Å². The minimum absolute atomic E-state index is 0.193. The summed E-state index contributed by atoms with van der Waals surface area (Å²) < 4.78 is 16.1. The van der Waals surface area contributed by atoms with Gasteiger partial charge in [0.2, 0.25) is 5.90 Å². The van der Waals surface area contributed by atoms with Gasteiger partial charge in [0.05, 0.1) is 12.2 Å². The van der Waals surface area contributed by atoms with Gasteiger partial charge in [0, 0.05) is 5.56 Å². The lowest BCUT2D eigenvalue weighted by Crippen LogP contribution is -2.08. The van der Waals surface area contributed by atoms with E-state index in [2.05, 4.69) is 4.99 Å². The third-order valence-electron chi connectivity index (χ3n) is 4.71. The van der Waals surface area contributed by atoms with Crippen LogP contribution in [-0.2, 0) is 9.53 Å². The molecule has 0 unspecified atom stereocenters. The van der Waals surface area contributed by atoms with Crippen molar-refractivity contribution in [2.75, 3.05) is 6.61 Å². The topological polar surface area (TPSA) is 74.2 Å². The third-order valence-corrected chi connectivity index (χ3v) is 4.71. The summed E-state index contributed by atoms with van der Waals surface area (Å²) in [5.41, 5.74) is 3.15. The van der Waals surface area contributed by atoms with Crippen LogP contribution in [0.5, 0.6) is 11.5 Å². The fourth-order valence-corrected chi connectivity index (χ4v) is 3.04. The van der Waals surface area contributed by atoms with Crippen LogP contribution in [0.25, 0.3) is 6.08 Å². The van der Waals surface area contributed by atoms with Crippen LogP contribution in [0.15, 0.2) is 83.5 Å². The molecule has 0 saturated carbocycles. The van der Waals surface area contributed by atoms with Gasteiger partial charge in [-0.25, -0.2) is 14.6 Å². The molecule has 32 heavy (non-hydrogen) atoms. The average molecular weight is 427 g/mol. The zero-order chi connectivity index (χ0) is 22.5. The Labute approximate surface area is 185 Å². The summed E-state index contributed by atoms with van der Waals surface area (Å²) in [5, 5.41) is 0. The van der Waals surface area contributed by atoms with Gasteiger partial charge in [-0.05, 0) is 74.0 Å². The maximum atomic E-state index is 12.2. The molecule has 0 aromatic heterocycles. The fraction of sp³-hybridized carbons (Fsp3) is 0.115. The first kappa shape index (κ1) is 21.1. The molecule has 6 heteroatoms. The molecular weight excluding hydrogens is 406 g/mol. The molecule has 0 fully saturated rings. The Kier molecular flexibility index (Phi) is 6.12. The highest BCUT2D eigenvalue weighted by molar-refractivity contribution is 6.12. The Hall–Kier alpha value is -4.19. The molecule has 0 bridgehead atoms. The number of nitrogens with zero attached hydrogens (tertiary/aromatic N) is 1. The van der Waals surface area contributed by atoms with E-state index in [9.17, 15) is 9.59 Å². The van der Waals surface area contributed by atoms with Crippen molar-refractivity contribution in [3.63, 3.8) is 0 Å². The Morgan fingerprint density at radius 1 is 0.938 bits per heavy atom. The molecule has 6 nitrogen and oxygen atoms in total. The molecule has 160 valence electrons. The van der Waals surface area contributed by atoms with Gasteiger partial charge in [-0.3, -0.25) is 0 Å². The minimum atomic E-state index is -0.524. The molecule has 0 spiro atoms. The van der Waals surface area contributed by atoms with Crippen molar-refractivity contribution in [1.29, 1.82) is 0 Å². The summed E-state index contributed by atoms with van der Waals surface area (Å²) in [5.74, 6) is 0.433. The highest BCUT2D eigenvalue weighted by Crippen LogP contribution is 2.22. The van der Waals surface area contributed by atoms with Crippen molar-refractivity contribution in [2.45, 2.75) is 13.8 Å². The lowest BCUT2D eigenvalue weighted by Gasteiger charge is -2.05. The molecule has 1 aliphatic heterocycles. The summed E-state index contributed by atoms with van der Waals surface area (Å²) in [6.07, 6.45) is 1.62. The average Bonchev–Trinajstić information content (AvgIpc) is 3.16. The molecule has 3 aromatic rings. The van der Waals surface area contributed by atoms with Crippen molar-refractivity contribution in [2.24, 2.45) is 4.99 Å². The van der Waals surface area contributed by atoms with E-state index in [4.69, 9.17) is 14.2 Å². The maximum absolute atomic E-state index is 12.2. The van der Waals surface area contributed by atoms with Crippen LogP contribution in [0.2, 0.25) is 0 Å². The zero-order valence-electron chi connectivity index (χ0n) is 17.7. The van der Waals surface area contributed by atoms with Crippen molar-refractivity contribution in [3.8, 4) is 11.5 Å². The van der Waals surface area contributed by atoms with Gasteiger partial charge >= 0.3 is 11.9 Å². The number of ether oxygens (including phenoxy) is 3. The second-order valence-corrected chi connectivity index (χ2v) is 7.12. The number of carbonyl (C=O) groups is 2. The van der Waals surface area contributed by atoms with Gasteiger partial charge in [0.15, 0.2) is 5.70 Å². The molecule has 1 heterocycles. The van der Waals surface area contributed by atoms with Gasteiger partial charge in [-0.1, -0.05) is 29.8 Å². The van der Waals surface area contributed by atoms with Crippen LogP contribution in [0.3, 0.4) is 0 Å². The fourth-order valence-electron chi connectivity index (χ4n) is 3.04. The van der Waals surface area contributed by atoms with Crippen LogP contribution >= 0.6 is 0 Å². The first-order valence-electron chi connectivity index (χ1n) is 10.2. The first-order chi connectivity index (χ1) is 15.5. The second-order valence-electron chi connectivity index (χ2n) is 7.12. The molecule has 0 atom stereocenters. The normalized spacial score (nSPS) is 14.1. The highest BCUT2D eigenvalue weighted by atomic mass is 16.6. The van der Waals surface area contributed by atoms with Crippen molar-refractivity contribution in [3.05, 3.63) is 101 Å². The third kappa shape index (κ3) is 4.92. The number of aryl methyl sites for hydroxylation is 1. The molecule has 0 aliphatic carbocycles. The number of hydrogen-bond acceptors (Lipinski definition) is 6. The summed E-state index contributed by atoms with van der Waals surface area (Å²) in [4.78, 5) is 28.8. The number of aliphatic imine (C=N–C) groups is 1. The predicted molar refractivity (Wildman–Crippen MR) is 121 cm³/mol. The molecular formula is C26H21NO5. The maximum Gasteiger partial charge on any atom is 0.363 e. The SMILES string of the molecule is CCOc1ccc(C2=N/C(=C\c3ccc(OC(=O)c4ccc(C)cc4)cc3)C(=O)O2)cc1. The number of cyclic esters (lactones) is 1. The van der Waals surface area contributed by atoms with E-state index in [1.54, 1.807) is 66.7 Å². The van der Waals surface area contributed by atoms with Gasteiger partial charge in [-0.2, -0.15) is 0 Å². The van der Waals surface area contributed by atoms with Gasteiger partial charge < -0.3 is 14.2 Å². The van der Waals surface area contributed by atoms with Crippen molar-refractivity contribution in [1.82, 2.24) is 0 Å². The number of rotatable bonds is 6. The van der Waals surface area contributed by atoms with Crippen LogP contribution in [0.1, 0.15) is 34.0 Å². The highest BCUT2D eigenvalue weighted by Gasteiger charge is 2.24. The lowest BCUT2D eigenvalue weighted by molar-refractivity contribution is -0.129. The summed E-state index contributed by atoms with van der Waals surface area (Å²) in [6, 6.07) is 21.1. The van der Waals surface area contributed by atoms with Gasteiger partial charge in [0.25, 0.3) is 0 Å². The van der Waals surface area contributed by atoms with Gasteiger partial charge in [0.1, 0.15) is 11.5 Å². The Balaban J connectivity index is 1.45. The molecule has 0 saturated heterocycles. The standard InChI is InChI=1S/C26H21NO5/c1-3-30-21-14-10-19(11-15-21)24-27-23(26(29)32-24)16-18-6-12-22(13-7-18)31-25(28)20-8-4-17(2)5-9-20/h4-16H,3H2,1-2H3/b23-16-. The number of esters is 2. The van der Waals surface area contributed by atoms with Crippen LogP contribution < -0.4 is 9.47 Å².